The molecule has 2 amide bonds. The van der Waals surface area contributed by atoms with E-state index in [0.717, 1.165) is 38.7 Å². The van der Waals surface area contributed by atoms with Gasteiger partial charge in [-0.3, -0.25) is 9.59 Å². The van der Waals surface area contributed by atoms with Crippen LogP contribution in [0.1, 0.15) is 64.9 Å². The number of nitrogens with zero attached hydrogens (tertiary/aromatic N) is 1. The van der Waals surface area contributed by atoms with Gasteiger partial charge in [-0.2, -0.15) is 0 Å². The van der Waals surface area contributed by atoms with Crippen molar-refractivity contribution in [2.45, 2.75) is 70.3 Å². The van der Waals surface area contributed by atoms with Gasteiger partial charge in [0.15, 0.2) is 0 Å². The highest BCUT2D eigenvalue weighted by Crippen LogP contribution is 2.43. The van der Waals surface area contributed by atoms with E-state index >= 15 is 0 Å². The van der Waals surface area contributed by atoms with E-state index in [0.29, 0.717) is 26.1 Å². The Hall–Kier alpha value is -1.88. The van der Waals surface area contributed by atoms with Crippen LogP contribution in [0.3, 0.4) is 0 Å². The molecule has 0 saturated carbocycles. The monoisotopic (exact) mass is 400 g/mol. The molecule has 29 heavy (non-hydrogen) atoms. The molecule has 1 aromatic carbocycles. The maximum atomic E-state index is 12.7. The van der Waals surface area contributed by atoms with E-state index in [1.54, 1.807) is 0 Å². The first-order valence-electron chi connectivity index (χ1n) is 11.1. The lowest BCUT2D eigenvalue weighted by molar-refractivity contribution is -0.135. The molecule has 2 aliphatic heterocycles. The molecular weight excluding hydrogens is 364 g/mol. The van der Waals surface area contributed by atoms with Crippen molar-refractivity contribution in [3.8, 4) is 0 Å². The van der Waals surface area contributed by atoms with Gasteiger partial charge in [-0.15, -0.1) is 0 Å². The minimum atomic E-state index is -0.156. The first-order valence-corrected chi connectivity index (χ1v) is 11.1. The van der Waals surface area contributed by atoms with Crippen LogP contribution in [0.2, 0.25) is 0 Å². The number of hydrogen-bond donors (Lipinski definition) is 1. The fourth-order valence-electron chi connectivity index (χ4n) is 5.06. The molecule has 2 heterocycles. The Bertz CT molecular complexity index is 695. The van der Waals surface area contributed by atoms with Crippen LogP contribution in [0.4, 0.5) is 0 Å². The van der Waals surface area contributed by atoms with Crippen molar-refractivity contribution in [2.24, 2.45) is 5.92 Å². The van der Waals surface area contributed by atoms with Gasteiger partial charge < -0.3 is 15.0 Å². The molecule has 1 atom stereocenters. The smallest absolute Gasteiger partial charge is 0.223 e. The van der Waals surface area contributed by atoms with E-state index < -0.39 is 0 Å². The van der Waals surface area contributed by atoms with Crippen LogP contribution in [0, 0.1) is 5.92 Å². The van der Waals surface area contributed by atoms with Crippen LogP contribution in [-0.4, -0.2) is 48.6 Å². The summed E-state index contributed by atoms with van der Waals surface area (Å²) in [6, 6.07) is 10.7. The average molecular weight is 401 g/mol. The van der Waals surface area contributed by atoms with Crippen molar-refractivity contribution in [3.63, 3.8) is 0 Å². The number of hydrogen-bond acceptors (Lipinski definition) is 3. The topological polar surface area (TPSA) is 58.6 Å². The molecule has 5 heteroatoms. The van der Waals surface area contributed by atoms with Crippen LogP contribution in [0.15, 0.2) is 30.3 Å². The molecule has 1 aromatic rings. The van der Waals surface area contributed by atoms with Crippen LogP contribution < -0.4 is 5.32 Å². The van der Waals surface area contributed by atoms with Crippen molar-refractivity contribution in [1.29, 1.82) is 0 Å². The fourth-order valence-corrected chi connectivity index (χ4v) is 5.06. The average Bonchev–Trinajstić information content (AvgIpc) is 2.73. The van der Waals surface area contributed by atoms with Gasteiger partial charge in [-0.25, -0.2) is 0 Å². The molecule has 1 N–H and O–H groups in total. The highest BCUT2D eigenvalue weighted by molar-refractivity contribution is 5.80. The van der Waals surface area contributed by atoms with E-state index in [1.807, 2.05) is 11.8 Å². The summed E-state index contributed by atoms with van der Waals surface area (Å²) in [6.45, 7) is 9.04. The van der Waals surface area contributed by atoms with Gasteiger partial charge in [0.1, 0.15) is 0 Å². The number of benzene rings is 1. The quantitative estimate of drug-likeness (QED) is 0.793. The Morgan fingerprint density at radius 3 is 2.48 bits per heavy atom. The third kappa shape index (κ3) is 5.39. The van der Waals surface area contributed by atoms with Crippen molar-refractivity contribution >= 4 is 11.8 Å². The summed E-state index contributed by atoms with van der Waals surface area (Å²) < 4.78 is 5.98. The maximum absolute atomic E-state index is 12.7. The molecule has 0 aromatic heterocycles. The molecule has 2 fully saturated rings. The Balaban J connectivity index is 1.57. The number of amides is 2. The van der Waals surface area contributed by atoms with Crippen molar-refractivity contribution < 1.29 is 14.3 Å². The lowest BCUT2D eigenvalue weighted by Gasteiger charge is -2.45. The summed E-state index contributed by atoms with van der Waals surface area (Å²) >= 11 is 0. The third-order valence-corrected chi connectivity index (χ3v) is 6.65. The summed E-state index contributed by atoms with van der Waals surface area (Å²) in [7, 11) is 0. The second-order valence-electron chi connectivity index (χ2n) is 9.23. The SMILES string of the molecule is CCC(=O)N1CCC(C(=O)NCCC2(c3ccccc3)CCOC(C)(C)C2)CC1. The number of nitrogens with one attached hydrogen (secondary N) is 1. The van der Waals surface area contributed by atoms with Gasteiger partial charge in [0.25, 0.3) is 0 Å². The Morgan fingerprint density at radius 1 is 1.17 bits per heavy atom. The second kappa shape index (κ2) is 9.29. The second-order valence-corrected chi connectivity index (χ2v) is 9.23. The summed E-state index contributed by atoms with van der Waals surface area (Å²) in [5.74, 6) is 0.355. The van der Waals surface area contributed by atoms with Gasteiger partial charge in [0.2, 0.25) is 11.8 Å². The van der Waals surface area contributed by atoms with Crippen molar-refractivity contribution in [2.75, 3.05) is 26.2 Å². The molecule has 3 rings (SSSR count). The minimum Gasteiger partial charge on any atom is -0.376 e. The Morgan fingerprint density at radius 2 is 1.86 bits per heavy atom. The summed E-state index contributed by atoms with van der Waals surface area (Å²) in [5.41, 5.74) is 1.22. The Labute approximate surface area is 175 Å². The summed E-state index contributed by atoms with van der Waals surface area (Å²) in [6.07, 6.45) is 4.93. The van der Waals surface area contributed by atoms with E-state index in [2.05, 4.69) is 49.5 Å². The normalized spacial score (nSPS) is 24.9. The number of piperidine rings is 1. The fraction of sp³-hybridized carbons (Fsp3) is 0.667. The molecule has 0 aliphatic carbocycles. The van der Waals surface area contributed by atoms with Gasteiger partial charge in [-0.05, 0) is 51.5 Å². The summed E-state index contributed by atoms with van der Waals surface area (Å²) in [5, 5.41) is 3.20. The standard InChI is InChI=1S/C24H36N2O3/c1-4-21(27)26-15-10-19(11-16-26)22(28)25-14-12-24(20-8-6-5-7-9-20)13-17-29-23(2,3)18-24/h5-9,19H,4,10-18H2,1-3H3,(H,25,28). The van der Waals surface area contributed by atoms with E-state index in [1.165, 1.54) is 5.56 Å². The number of likely N-dealkylation sites (tertiary alicyclic amines) is 1. The first kappa shape index (κ1) is 21.8. The number of carbonyl (C=O) groups excluding carboxylic acids is 2. The molecule has 5 nitrogen and oxygen atoms in total. The molecule has 0 spiro atoms. The lowest BCUT2D eigenvalue weighted by atomic mass is 9.67. The predicted molar refractivity (Wildman–Crippen MR) is 115 cm³/mol. The predicted octanol–water partition coefficient (Wildman–Crippen LogP) is 3.67. The first-order chi connectivity index (χ1) is 13.9. The molecule has 2 saturated heterocycles. The zero-order chi connectivity index (χ0) is 20.9. The van der Waals surface area contributed by atoms with Gasteiger partial charge in [-0.1, -0.05) is 37.3 Å². The van der Waals surface area contributed by atoms with Crippen LogP contribution in [0.5, 0.6) is 0 Å². The van der Waals surface area contributed by atoms with Crippen LogP contribution in [-0.2, 0) is 19.7 Å². The maximum Gasteiger partial charge on any atom is 0.223 e. The molecule has 1 unspecified atom stereocenters. The zero-order valence-corrected chi connectivity index (χ0v) is 18.2. The van der Waals surface area contributed by atoms with Crippen LogP contribution >= 0.6 is 0 Å². The van der Waals surface area contributed by atoms with Crippen molar-refractivity contribution in [3.05, 3.63) is 35.9 Å². The van der Waals surface area contributed by atoms with E-state index in [-0.39, 0.29) is 28.7 Å². The van der Waals surface area contributed by atoms with E-state index in [4.69, 9.17) is 4.74 Å². The highest BCUT2D eigenvalue weighted by atomic mass is 16.5. The highest BCUT2D eigenvalue weighted by Gasteiger charge is 2.41. The number of carbonyl (C=O) groups is 2. The number of ether oxygens (including phenoxy) is 1. The molecule has 2 aliphatic rings. The zero-order valence-electron chi connectivity index (χ0n) is 18.2. The lowest BCUT2D eigenvalue weighted by Crippen LogP contribution is -2.47. The largest absolute Gasteiger partial charge is 0.376 e. The van der Waals surface area contributed by atoms with E-state index in [9.17, 15) is 9.59 Å². The van der Waals surface area contributed by atoms with Gasteiger partial charge in [0.05, 0.1) is 5.60 Å². The molecule has 0 radical (unpaired) electrons. The van der Waals surface area contributed by atoms with Gasteiger partial charge in [0, 0.05) is 44.0 Å². The Kier molecular flexibility index (Phi) is 6.99. The number of rotatable bonds is 6. The third-order valence-electron chi connectivity index (χ3n) is 6.65. The summed E-state index contributed by atoms with van der Waals surface area (Å²) in [4.78, 5) is 26.4. The molecular formula is C24H36N2O3. The van der Waals surface area contributed by atoms with Crippen molar-refractivity contribution in [1.82, 2.24) is 10.2 Å². The molecule has 0 bridgehead atoms. The van der Waals surface area contributed by atoms with Gasteiger partial charge >= 0.3 is 0 Å². The minimum absolute atomic E-state index is 0.0229. The van der Waals surface area contributed by atoms with Crippen LogP contribution in [0.25, 0.3) is 0 Å². The molecule has 160 valence electrons.